The van der Waals surface area contributed by atoms with E-state index in [1.807, 2.05) is 7.05 Å². The Labute approximate surface area is 104 Å². The summed E-state index contributed by atoms with van der Waals surface area (Å²) in [6.07, 6.45) is 6.06. The lowest BCUT2D eigenvalue weighted by Gasteiger charge is -2.05. The highest BCUT2D eigenvalue weighted by Gasteiger charge is 2.16. The van der Waals surface area contributed by atoms with Crippen LogP contribution in [0.25, 0.3) is 6.20 Å². The number of halogens is 1. The molecule has 0 saturated carbocycles. The Balaban J connectivity index is 2.58. The summed E-state index contributed by atoms with van der Waals surface area (Å²) in [6, 6.07) is 0. The number of hydrogen-bond acceptors (Lipinski definition) is 2. The number of allylic oxidation sites excluding steroid dienone is 3. The van der Waals surface area contributed by atoms with Gasteiger partial charge in [-0.15, -0.1) is 0 Å². The second kappa shape index (κ2) is 4.45. The van der Waals surface area contributed by atoms with Crippen molar-refractivity contribution in [2.75, 3.05) is 12.4 Å². The van der Waals surface area contributed by atoms with E-state index < -0.39 is 0 Å². The molecule has 0 radical (unpaired) electrons. The molecule has 0 amide bonds. The minimum atomic E-state index is 0.903. The van der Waals surface area contributed by atoms with Gasteiger partial charge >= 0.3 is 0 Å². The van der Waals surface area contributed by atoms with Gasteiger partial charge in [0, 0.05) is 24.2 Å². The molecule has 3 nitrogen and oxygen atoms in total. The van der Waals surface area contributed by atoms with Gasteiger partial charge in [0.25, 0.3) is 0 Å². The standard InChI is InChI=1S/C12H16BrN3/c1-4-10-12(14-3)16-7-9(13)5-8(2)6-11(16)15-10/h5,7,14H,4,6H2,1-3H3. The van der Waals surface area contributed by atoms with Crippen LogP contribution in [0, 0.1) is 0 Å². The number of hydrogen-bond donors (Lipinski definition) is 1. The number of anilines is 1. The van der Waals surface area contributed by atoms with Crippen molar-refractivity contribution in [1.82, 2.24) is 9.55 Å². The molecule has 0 saturated heterocycles. The van der Waals surface area contributed by atoms with Crippen LogP contribution in [-0.4, -0.2) is 16.6 Å². The van der Waals surface area contributed by atoms with E-state index in [0.29, 0.717) is 0 Å². The van der Waals surface area contributed by atoms with Gasteiger partial charge in [0.2, 0.25) is 0 Å². The van der Waals surface area contributed by atoms with E-state index in [4.69, 9.17) is 0 Å². The normalized spacial score (nSPS) is 15.0. The Morgan fingerprint density at radius 2 is 2.31 bits per heavy atom. The molecule has 0 spiro atoms. The third-order valence-electron chi connectivity index (χ3n) is 2.70. The van der Waals surface area contributed by atoms with Crippen LogP contribution in [0.5, 0.6) is 0 Å². The molecule has 0 atom stereocenters. The quantitative estimate of drug-likeness (QED) is 0.902. The number of rotatable bonds is 2. The van der Waals surface area contributed by atoms with Crippen LogP contribution >= 0.6 is 15.9 Å². The van der Waals surface area contributed by atoms with Crippen LogP contribution in [0.1, 0.15) is 25.4 Å². The molecule has 2 rings (SSSR count). The summed E-state index contributed by atoms with van der Waals surface area (Å²) >= 11 is 3.55. The van der Waals surface area contributed by atoms with Crippen LogP contribution in [0.2, 0.25) is 0 Å². The minimum Gasteiger partial charge on any atom is -0.373 e. The number of fused-ring (bicyclic) bond motifs is 1. The molecule has 4 heteroatoms. The smallest absolute Gasteiger partial charge is 0.133 e. The Morgan fingerprint density at radius 1 is 1.56 bits per heavy atom. The lowest BCUT2D eigenvalue weighted by Crippen LogP contribution is -2.01. The highest BCUT2D eigenvalue weighted by molar-refractivity contribution is 9.12. The highest BCUT2D eigenvalue weighted by Crippen LogP contribution is 2.26. The summed E-state index contributed by atoms with van der Waals surface area (Å²) in [6.45, 7) is 4.26. The maximum atomic E-state index is 4.68. The third-order valence-corrected chi connectivity index (χ3v) is 3.14. The topological polar surface area (TPSA) is 29.9 Å². The van der Waals surface area contributed by atoms with Gasteiger partial charge in [0.15, 0.2) is 0 Å². The van der Waals surface area contributed by atoms with Crippen LogP contribution < -0.4 is 5.32 Å². The Morgan fingerprint density at radius 3 is 2.94 bits per heavy atom. The number of nitrogens with one attached hydrogen (secondary N) is 1. The van der Waals surface area contributed by atoms with E-state index in [-0.39, 0.29) is 0 Å². The zero-order valence-electron chi connectivity index (χ0n) is 9.84. The molecule has 86 valence electrons. The van der Waals surface area contributed by atoms with Gasteiger partial charge in [0.1, 0.15) is 11.6 Å². The van der Waals surface area contributed by atoms with Crippen molar-refractivity contribution in [2.24, 2.45) is 0 Å². The molecule has 0 unspecified atom stereocenters. The molecule has 0 aromatic carbocycles. The maximum Gasteiger partial charge on any atom is 0.133 e. The molecular weight excluding hydrogens is 266 g/mol. The van der Waals surface area contributed by atoms with E-state index in [1.54, 1.807) is 0 Å². The SMILES string of the molecule is CCc1nc2n(c1NC)C=C(Br)C=C(C)C2. The van der Waals surface area contributed by atoms with E-state index >= 15 is 0 Å². The van der Waals surface area contributed by atoms with Gasteiger partial charge in [-0.25, -0.2) is 4.98 Å². The van der Waals surface area contributed by atoms with Crippen molar-refractivity contribution in [1.29, 1.82) is 0 Å². The van der Waals surface area contributed by atoms with Crippen molar-refractivity contribution in [3.05, 3.63) is 27.6 Å². The lowest BCUT2D eigenvalue weighted by atomic mass is 10.2. The first kappa shape index (κ1) is 11.5. The van der Waals surface area contributed by atoms with Crippen molar-refractivity contribution in [2.45, 2.75) is 26.7 Å². The average molecular weight is 282 g/mol. The first-order valence-corrected chi connectivity index (χ1v) is 6.27. The Hall–Kier alpha value is -1.03. The summed E-state index contributed by atoms with van der Waals surface area (Å²) in [5.41, 5.74) is 2.45. The lowest BCUT2D eigenvalue weighted by molar-refractivity contribution is 0.936. The van der Waals surface area contributed by atoms with Crippen molar-refractivity contribution >= 4 is 27.9 Å². The van der Waals surface area contributed by atoms with E-state index in [1.165, 1.54) is 5.57 Å². The van der Waals surface area contributed by atoms with Gasteiger partial charge in [-0.3, -0.25) is 4.57 Å². The molecule has 1 aliphatic heterocycles. The number of imidazole rings is 1. The fourth-order valence-electron chi connectivity index (χ4n) is 2.00. The summed E-state index contributed by atoms with van der Waals surface area (Å²) in [5.74, 6) is 2.20. The van der Waals surface area contributed by atoms with E-state index in [2.05, 4.69) is 56.9 Å². The van der Waals surface area contributed by atoms with Crippen molar-refractivity contribution < 1.29 is 0 Å². The molecule has 1 N–H and O–H groups in total. The summed E-state index contributed by atoms with van der Waals surface area (Å²) in [4.78, 5) is 4.68. The summed E-state index contributed by atoms with van der Waals surface area (Å²) < 4.78 is 3.22. The minimum absolute atomic E-state index is 0.903. The van der Waals surface area contributed by atoms with E-state index in [9.17, 15) is 0 Å². The molecule has 1 aromatic rings. The predicted octanol–water partition coefficient (Wildman–Crippen LogP) is 3.18. The molecule has 0 bridgehead atoms. The Kier molecular flexibility index (Phi) is 3.19. The van der Waals surface area contributed by atoms with Crippen molar-refractivity contribution in [3.8, 4) is 0 Å². The molecular formula is C12H16BrN3. The molecule has 2 heterocycles. The van der Waals surface area contributed by atoms with Gasteiger partial charge in [-0.1, -0.05) is 12.5 Å². The molecule has 0 fully saturated rings. The monoisotopic (exact) mass is 281 g/mol. The van der Waals surface area contributed by atoms with Gasteiger partial charge in [0.05, 0.1) is 5.69 Å². The van der Waals surface area contributed by atoms with Gasteiger partial charge < -0.3 is 5.32 Å². The molecule has 16 heavy (non-hydrogen) atoms. The third kappa shape index (κ3) is 1.94. The maximum absolute atomic E-state index is 4.68. The fourth-order valence-corrected chi connectivity index (χ4v) is 2.60. The van der Waals surface area contributed by atoms with Crippen LogP contribution in [0.4, 0.5) is 5.82 Å². The summed E-state index contributed by atoms with van der Waals surface area (Å²) in [5, 5.41) is 3.23. The first-order chi connectivity index (χ1) is 7.65. The van der Waals surface area contributed by atoms with Crippen LogP contribution in [-0.2, 0) is 12.8 Å². The largest absolute Gasteiger partial charge is 0.373 e. The van der Waals surface area contributed by atoms with Gasteiger partial charge in [-0.05, 0) is 35.4 Å². The predicted molar refractivity (Wildman–Crippen MR) is 71.8 cm³/mol. The number of nitrogens with zero attached hydrogens (tertiary/aromatic N) is 2. The number of aryl methyl sites for hydroxylation is 1. The second-order valence-corrected chi connectivity index (χ2v) is 4.89. The van der Waals surface area contributed by atoms with E-state index in [0.717, 1.165) is 34.7 Å². The van der Waals surface area contributed by atoms with Gasteiger partial charge in [-0.2, -0.15) is 0 Å². The summed E-state index contributed by atoms with van der Waals surface area (Å²) in [7, 11) is 1.94. The zero-order chi connectivity index (χ0) is 11.7. The average Bonchev–Trinajstić information content (AvgIpc) is 2.48. The Bertz CT molecular complexity index is 469. The first-order valence-electron chi connectivity index (χ1n) is 5.48. The second-order valence-electron chi connectivity index (χ2n) is 3.98. The molecule has 0 aliphatic carbocycles. The fraction of sp³-hybridized carbons (Fsp3) is 0.417. The molecule has 1 aliphatic rings. The van der Waals surface area contributed by atoms with Crippen LogP contribution in [0.3, 0.4) is 0 Å². The number of aromatic nitrogens is 2. The highest BCUT2D eigenvalue weighted by atomic mass is 79.9. The van der Waals surface area contributed by atoms with Crippen LogP contribution in [0.15, 0.2) is 16.1 Å². The van der Waals surface area contributed by atoms with Crippen molar-refractivity contribution in [3.63, 3.8) is 0 Å². The zero-order valence-corrected chi connectivity index (χ0v) is 11.4. The molecule has 1 aromatic heterocycles.